The molecule has 10 heteroatoms. The number of hydrogen-bond acceptors (Lipinski definition) is 6. The number of halogens is 1. The van der Waals surface area contributed by atoms with Gasteiger partial charge in [-0.15, -0.1) is 0 Å². The Kier molecular flexibility index (Phi) is 6.07. The molecular formula is C22H21FN2O6S. The van der Waals surface area contributed by atoms with Gasteiger partial charge >= 0.3 is 5.97 Å². The fourth-order valence-corrected chi connectivity index (χ4v) is 5.46. The smallest absolute Gasteiger partial charge is 0.309 e. The summed E-state index contributed by atoms with van der Waals surface area (Å²) < 4.78 is 45.7. The standard InChI is InChI=1S/C22H21FN2O6S/c23-18-7-3-4-8-19(18)32(29,30)24-11-9-15(10-12-24)22(28)31-14-13-25-20(26)16-5-1-2-6-17(16)21(25)27/h1-8,15H,9-14H2. The van der Waals surface area contributed by atoms with Gasteiger partial charge in [0.25, 0.3) is 11.8 Å². The maximum Gasteiger partial charge on any atom is 0.309 e. The van der Waals surface area contributed by atoms with Crippen molar-refractivity contribution >= 4 is 27.8 Å². The van der Waals surface area contributed by atoms with E-state index in [-0.39, 0.29) is 44.0 Å². The first-order chi connectivity index (χ1) is 15.3. The van der Waals surface area contributed by atoms with Crippen molar-refractivity contribution in [1.82, 2.24) is 9.21 Å². The molecule has 2 aromatic carbocycles. The highest BCUT2D eigenvalue weighted by Gasteiger charge is 2.36. The number of sulfonamides is 1. The van der Waals surface area contributed by atoms with Gasteiger partial charge in [0.2, 0.25) is 10.0 Å². The molecule has 2 aliphatic heterocycles. The van der Waals surface area contributed by atoms with Crippen molar-refractivity contribution in [3.05, 3.63) is 65.5 Å². The molecule has 0 bridgehead atoms. The summed E-state index contributed by atoms with van der Waals surface area (Å²) in [6.07, 6.45) is 0.471. The third-order valence-corrected chi connectivity index (χ3v) is 7.61. The molecule has 4 rings (SSSR count). The Hall–Kier alpha value is -3.11. The van der Waals surface area contributed by atoms with Gasteiger partial charge in [-0.1, -0.05) is 24.3 Å². The maximum atomic E-state index is 13.9. The van der Waals surface area contributed by atoms with E-state index in [1.807, 2.05) is 0 Å². The molecule has 2 amide bonds. The van der Waals surface area contributed by atoms with Gasteiger partial charge < -0.3 is 4.74 Å². The van der Waals surface area contributed by atoms with Crippen molar-refractivity contribution in [2.24, 2.45) is 5.92 Å². The monoisotopic (exact) mass is 460 g/mol. The van der Waals surface area contributed by atoms with Crippen LogP contribution in [-0.2, 0) is 19.6 Å². The fraction of sp³-hybridized carbons (Fsp3) is 0.318. The lowest BCUT2D eigenvalue weighted by molar-refractivity contribution is -0.150. The number of ether oxygens (including phenoxy) is 1. The van der Waals surface area contributed by atoms with Gasteiger partial charge in [-0.05, 0) is 37.1 Å². The summed E-state index contributed by atoms with van der Waals surface area (Å²) in [6.45, 7) is -0.0691. The van der Waals surface area contributed by atoms with Crippen molar-refractivity contribution in [3.8, 4) is 0 Å². The number of nitrogens with zero attached hydrogens (tertiary/aromatic N) is 2. The van der Waals surface area contributed by atoms with Gasteiger partial charge in [-0.3, -0.25) is 19.3 Å². The Morgan fingerprint density at radius 1 is 0.969 bits per heavy atom. The Balaban J connectivity index is 1.28. The molecule has 0 aliphatic carbocycles. The third kappa shape index (κ3) is 4.03. The number of esters is 1. The number of piperidine rings is 1. The average molecular weight is 460 g/mol. The zero-order valence-corrected chi connectivity index (χ0v) is 17.9. The van der Waals surface area contributed by atoms with E-state index in [0.717, 1.165) is 15.3 Å². The lowest BCUT2D eigenvalue weighted by atomic mass is 9.98. The van der Waals surface area contributed by atoms with E-state index in [4.69, 9.17) is 4.74 Å². The number of benzene rings is 2. The topological polar surface area (TPSA) is 101 Å². The normalized spacial score (nSPS) is 17.5. The van der Waals surface area contributed by atoms with Crippen LogP contribution in [0.25, 0.3) is 0 Å². The van der Waals surface area contributed by atoms with Crippen molar-refractivity contribution in [1.29, 1.82) is 0 Å². The minimum atomic E-state index is -3.98. The van der Waals surface area contributed by atoms with Crippen LogP contribution in [0.5, 0.6) is 0 Å². The Labute approximate surface area is 184 Å². The van der Waals surface area contributed by atoms with Crippen LogP contribution in [0.15, 0.2) is 53.4 Å². The maximum absolute atomic E-state index is 13.9. The lowest BCUT2D eigenvalue weighted by Crippen LogP contribution is -2.41. The summed E-state index contributed by atoms with van der Waals surface area (Å²) in [5, 5.41) is 0. The molecular weight excluding hydrogens is 439 g/mol. The van der Waals surface area contributed by atoms with Gasteiger partial charge in [0.15, 0.2) is 0 Å². The number of amides is 2. The first kappa shape index (κ1) is 22.1. The first-order valence-electron chi connectivity index (χ1n) is 10.2. The number of fused-ring (bicyclic) bond motifs is 1. The Morgan fingerprint density at radius 2 is 1.53 bits per heavy atom. The van der Waals surface area contributed by atoms with Crippen LogP contribution in [0, 0.1) is 11.7 Å². The van der Waals surface area contributed by atoms with Crippen molar-refractivity contribution in [2.75, 3.05) is 26.2 Å². The van der Waals surface area contributed by atoms with E-state index in [2.05, 4.69) is 0 Å². The van der Waals surface area contributed by atoms with Crippen molar-refractivity contribution in [3.63, 3.8) is 0 Å². The molecule has 0 radical (unpaired) electrons. The summed E-state index contributed by atoms with van der Waals surface area (Å²) in [7, 11) is -3.98. The second-order valence-electron chi connectivity index (χ2n) is 7.58. The van der Waals surface area contributed by atoms with E-state index in [1.54, 1.807) is 24.3 Å². The summed E-state index contributed by atoms with van der Waals surface area (Å²) in [5.41, 5.74) is 0.652. The minimum Gasteiger partial charge on any atom is -0.464 e. The molecule has 0 atom stereocenters. The van der Waals surface area contributed by atoms with Crippen LogP contribution >= 0.6 is 0 Å². The Bertz CT molecular complexity index is 1140. The van der Waals surface area contributed by atoms with E-state index in [0.29, 0.717) is 11.1 Å². The summed E-state index contributed by atoms with van der Waals surface area (Å²) >= 11 is 0. The van der Waals surface area contributed by atoms with Crippen LogP contribution in [0.1, 0.15) is 33.6 Å². The van der Waals surface area contributed by atoms with E-state index < -0.39 is 39.5 Å². The average Bonchev–Trinajstić information content (AvgIpc) is 3.04. The largest absolute Gasteiger partial charge is 0.464 e. The summed E-state index contributed by atoms with van der Waals surface area (Å²) in [6, 6.07) is 11.7. The number of hydrogen-bond donors (Lipinski definition) is 0. The number of rotatable bonds is 6. The molecule has 0 saturated carbocycles. The highest BCUT2D eigenvalue weighted by Crippen LogP contribution is 2.26. The van der Waals surface area contributed by atoms with Crippen LogP contribution in [-0.4, -0.2) is 61.6 Å². The third-order valence-electron chi connectivity index (χ3n) is 5.68. The van der Waals surface area contributed by atoms with E-state index in [9.17, 15) is 27.2 Å². The van der Waals surface area contributed by atoms with Crippen LogP contribution in [0.3, 0.4) is 0 Å². The Morgan fingerprint density at radius 3 is 2.12 bits per heavy atom. The number of imide groups is 1. The van der Waals surface area contributed by atoms with Gasteiger partial charge in [-0.25, -0.2) is 12.8 Å². The molecule has 0 aromatic heterocycles. The molecule has 32 heavy (non-hydrogen) atoms. The molecule has 168 valence electrons. The predicted octanol–water partition coefficient (Wildman–Crippen LogP) is 2.07. The van der Waals surface area contributed by atoms with Crippen LogP contribution in [0.4, 0.5) is 4.39 Å². The molecule has 2 aliphatic rings. The molecule has 8 nitrogen and oxygen atoms in total. The predicted molar refractivity (Wildman–Crippen MR) is 111 cm³/mol. The zero-order chi connectivity index (χ0) is 22.9. The quantitative estimate of drug-likeness (QED) is 0.483. The highest BCUT2D eigenvalue weighted by atomic mass is 32.2. The fourth-order valence-electron chi connectivity index (χ4n) is 3.92. The molecule has 2 heterocycles. The number of carbonyl (C=O) groups excluding carboxylic acids is 3. The second-order valence-corrected chi connectivity index (χ2v) is 9.49. The molecule has 1 fully saturated rings. The van der Waals surface area contributed by atoms with Gasteiger partial charge in [-0.2, -0.15) is 4.31 Å². The van der Waals surface area contributed by atoms with E-state index >= 15 is 0 Å². The molecule has 0 N–H and O–H groups in total. The van der Waals surface area contributed by atoms with E-state index in [1.165, 1.54) is 18.2 Å². The van der Waals surface area contributed by atoms with Crippen LogP contribution < -0.4 is 0 Å². The summed E-state index contributed by atoms with van der Waals surface area (Å²) in [4.78, 5) is 37.7. The van der Waals surface area contributed by atoms with Crippen LogP contribution in [0.2, 0.25) is 0 Å². The zero-order valence-electron chi connectivity index (χ0n) is 17.1. The molecule has 2 aromatic rings. The van der Waals surface area contributed by atoms with Gasteiger partial charge in [0.05, 0.1) is 23.6 Å². The lowest BCUT2D eigenvalue weighted by Gasteiger charge is -2.30. The molecule has 0 unspecified atom stereocenters. The molecule has 0 spiro atoms. The number of carbonyl (C=O) groups is 3. The van der Waals surface area contributed by atoms with Gasteiger partial charge in [0.1, 0.15) is 17.3 Å². The summed E-state index contributed by atoms with van der Waals surface area (Å²) in [5.74, 6) is -2.68. The van der Waals surface area contributed by atoms with Crippen molar-refractivity contribution in [2.45, 2.75) is 17.7 Å². The SMILES string of the molecule is O=C(OCCN1C(=O)c2ccccc2C1=O)C1CCN(S(=O)(=O)c2ccccc2F)CC1. The highest BCUT2D eigenvalue weighted by molar-refractivity contribution is 7.89. The second kappa shape index (κ2) is 8.79. The minimum absolute atomic E-state index is 0.0569. The first-order valence-corrected chi connectivity index (χ1v) is 11.6. The molecule has 1 saturated heterocycles. The van der Waals surface area contributed by atoms with Crippen molar-refractivity contribution < 1.29 is 31.9 Å². The van der Waals surface area contributed by atoms with Gasteiger partial charge in [0, 0.05) is 13.1 Å².